The molecule has 4 nitrogen and oxygen atoms in total. The number of thioether (sulfide) groups is 1. The Morgan fingerprint density at radius 2 is 1.50 bits per heavy atom. The van der Waals surface area contributed by atoms with Crippen LogP contribution in [0.2, 0.25) is 0 Å². The van der Waals surface area contributed by atoms with Crippen LogP contribution in [0.25, 0.3) is 5.57 Å². The van der Waals surface area contributed by atoms with Gasteiger partial charge in [-0.25, -0.2) is 0 Å². The number of carbonyl (C=O) groups is 2. The van der Waals surface area contributed by atoms with Gasteiger partial charge in [-0.1, -0.05) is 74.5 Å². The summed E-state index contributed by atoms with van der Waals surface area (Å²) in [5, 5.41) is 0.239. The van der Waals surface area contributed by atoms with Crippen LogP contribution in [-0.4, -0.2) is 46.0 Å². The number of hydrogen-bond donors (Lipinski definition) is 0. The van der Waals surface area contributed by atoms with Crippen LogP contribution in [0.4, 0.5) is 0 Å². The Morgan fingerprint density at radius 3 is 2.10 bits per heavy atom. The van der Waals surface area contributed by atoms with E-state index in [1.807, 2.05) is 36.4 Å². The summed E-state index contributed by atoms with van der Waals surface area (Å²) in [5.74, 6) is -0.241. The maximum absolute atomic E-state index is 13.4. The minimum atomic E-state index is -0.129. The van der Waals surface area contributed by atoms with Gasteiger partial charge in [0.25, 0.3) is 11.8 Å². The molecule has 2 aromatic rings. The Morgan fingerprint density at radius 1 is 0.900 bits per heavy atom. The standard InChI is InChI=1S/C25H28N2O2S/c1-18(2)30-23-22(20-11-7-4-8-12-20)24(28)27(25(23)29)21-13-15-26(16-14-21)17-19-9-5-3-6-10-19/h3-12,18,21H,13-17H2,1-2H3. The molecule has 0 radical (unpaired) electrons. The third kappa shape index (κ3) is 4.37. The first-order valence-corrected chi connectivity index (χ1v) is 11.5. The highest BCUT2D eigenvalue weighted by molar-refractivity contribution is 8.04. The molecule has 30 heavy (non-hydrogen) atoms. The number of piperidine rings is 1. The average Bonchev–Trinajstić information content (AvgIpc) is 2.99. The van der Waals surface area contributed by atoms with E-state index in [-0.39, 0.29) is 23.1 Å². The fraction of sp³-hybridized carbons (Fsp3) is 0.360. The van der Waals surface area contributed by atoms with E-state index in [0.29, 0.717) is 10.5 Å². The van der Waals surface area contributed by atoms with Gasteiger partial charge in [-0.05, 0) is 24.0 Å². The summed E-state index contributed by atoms with van der Waals surface area (Å²) < 4.78 is 0. The van der Waals surface area contributed by atoms with Crippen molar-refractivity contribution in [3.8, 4) is 0 Å². The first-order valence-electron chi connectivity index (χ1n) is 10.6. The Labute approximate surface area is 182 Å². The second kappa shape index (κ2) is 9.19. The van der Waals surface area contributed by atoms with E-state index < -0.39 is 0 Å². The van der Waals surface area contributed by atoms with Crippen molar-refractivity contribution in [2.75, 3.05) is 13.1 Å². The monoisotopic (exact) mass is 420 g/mol. The molecular formula is C25H28N2O2S. The molecule has 0 unspecified atom stereocenters. The smallest absolute Gasteiger partial charge is 0.268 e. The molecule has 0 saturated carbocycles. The predicted octanol–water partition coefficient (Wildman–Crippen LogP) is 4.57. The molecule has 2 aliphatic heterocycles. The molecule has 2 aromatic carbocycles. The summed E-state index contributed by atoms with van der Waals surface area (Å²) in [6.07, 6.45) is 1.65. The molecule has 0 bridgehead atoms. The van der Waals surface area contributed by atoms with Crippen molar-refractivity contribution in [3.05, 3.63) is 76.7 Å². The van der Waals surface area contributed by atoms with Gasteiger partial charge in [-0.15, -0.1) is 11.8 Å². The van der Waals surface area contributed by atoms with Crippen LogP contribution in [0.15, 0.2) is 65.6 Å². The van der Waals surface area contributed by atoms with Crippen molar-refractivity contribution in [3.63, 3.8) is 0 Å². The number of likely N-dealkylation sites (tertiary alicyclic amines) is 1. The van der Waals surface area contributed by atoms with Gasteiger partial charge < -0.3 is 0 Å². The summed E-state index contributed by atoms with van der Waals surface area (Å²) in [6, 6.07) is 20.0. The van der Waals surface area contributed by atoms with E-state index in [1.165, 1.54) is 17.3 Å². The Kier molecular flexibility index (Phi) is 6.40. The van der Waals surface area contributed by atoms with Crippen LogP contribution < -0.4 is 0 Å². The van der Waals surface area contributed by atoms with E-state index in [1.54, 1.807) is 4.90 Å². The minimum absolute atomic E-state index is 0.0269. The molecule has 5 heteroatoms. The molecule has 1 saturated heterocycles. The molecule has 2 aliphatic rings. The van der Waals surface area contributed by atoms with Crippen molar-refractivity contribution in [2.24, 2.45) is 0 Å². The number of imide groups is 1. The number of nitrogens with zero attached hydrogens (tertiary/aromatic N) is 2. The molecule has 4 rings (SSSR count). The molecule has 156 valence electrons. The molecule has 0 N–H and O–H groups in total. The lowest BCUT2D eigenvalue weighted by molar-refractivity contribution is -0.140. The highest BCUT2D eigenvalue weighted by Crippen LogP contribution is 2.39. The van der Waals surface area contributed by atoms with E-state index in [2.05, 4.69) is 43.0 Å². The zero-order valence-corrected chi connectivity index (χ0v) is 18.4. The maximum Gasteiger partial charge on any atom is 0.268 e. The van der Waals surface area contributed by atoms with Gasteiger partial charge in [0.05, 0.1) is 10.5 Å². The first-order chi connectivity index (χ1) is 14.5. The molecular weight excluding hydrogens is 392 g/mol. The van der Waals surface area contributed by atoms with Crippen LogP contribution in [0.5, 0.6) is 0 Å². The van der Waals surface area contributed by atoms with Gasteiger partial charge in [0.1, 0.15) is 0 Å². The summed E-state index contributed by atoms with van der Waals surface area (Å²) in [4.78, 5) is 31.3. The summed E-state index contributed by atoms with van der Waals surface area (Å²) in [6.45, 7) is 6.82. The summed E-state index contributed by atoms with van der Waals surface area (Å²) in [5.41, 5.74) is 2.71. The van der Waals surface area contributed by atoms with Crippen LogP contribution >= 0.6 is 11.8 Å². The maximum atomic E-state index is 13.4. The predicted molar refractivity (Wildman–Crippen MR) is 123 cm³/mol. The third-order valence-corrected chi connectivity index (χ3v) is 6.75. The number of rotatable bonds is 6. The van der Waals surface area contributed by atoms with Crippen molar-refractivity contribution in [1.29, 1.82) is 0 Å². The molecule has 0 atom stereocenters. The summed E-state index contributed by atoms with van der Waals surface area (Å²) in [7, 11) is 0. The number of hydrogen-bond acceptors (Lipinski definition) is 4. The Balaban J connectivity index is 1.49. The quantitative estimate of drug-likeness (QED) is 0.642. The van der Waals surface area contributed by atoms with Crippen LogP contribution in [0, 0.1) is 0 Å². The van der Waals surface area contributed by atoms with Crippen molar-refractivity contribution in [2.45, 2.75) is 44.5 Å². The van der Waals surface area contributed by atoms with Crippen LogP contribution in [0.3, 0.4) is 0 Å². The van der Waals surface area contributed by atoms with Gasteiger partial charge in [-0.3, -0.25) is 19.4 Å². The molecule has 0 aromatic heterocycles. The highest BCUT2D eigenvalue weighted by atomic mass is 32.2. The van der Waals surface area contributed by atoms with Crippen molar-refractivity contribution >= 4 is 29.1 Å². The molecule has 2 heterocycles. The zero-order chi connectivity index (χ0) is 21.1. The molecule has 0 spiro atoms. The van der Waals surface area contributed by atoms with Gasteiger partial charge in [0.2, 0.25) is 0 Å². The molecule has 0 aliphatic carbocycles. The molecule has 1 fully saturated rings. The summed E-state index contributed by atoms with van der Waals surface area (Å²) >= 11 is 1.50. The number of carbonyl (C=O) groups excluding carboxylic acids is 2. The molecule has 2 amide bonds. The lowest BCUT2D eigenvalue weighted by Gasteiger charge is -2.36. The largest absolute Gasteiger partial charge is 0.299 e. The fourth-order valence-electron chi connectivity index (χ4n) is 4.24. The van der Waals surface area contributed by atoms with E-state index in [4.69, 9.17) is 0 Å². The Bertz CT molecular complexity index is 932. The van der Waals surface area contributed by atoms with Gasteiger partial charge in [-0.2, -0.15) is 0 Å². The second-order valence-corrected chi connectivity index (χ2v) is 9.80. The third-order valence-electron chi connectivity index (χ3n) is 5.66. The number of benzene rings is 2. The first kappa shape index (κ1) is 20.9. The van der Waals surface area contributed by atoms with Crippen molar-refractivity contribution < 1.29 is 9.59 Å². The van der Waals surface area contributed by atoms with E-state index >= 15 is 0 Å². The van der Waals surface area contributed by atoms with E-state index in [0.717, 1.165) is 38.0 Å². The second-order valence-electron chi connectivity index (χ2n) is 8.21. The van der Waals surface area contributed by atoms with E-state index in [9.17, 15) is 9.59 Å². The lowest BCUT2D eigenvalue weighted by Crippen LogP contribution is -2.47. The van der Waals surface area contributed by atoms with Gasteiger partial charge in [0, 0.05) is 30.9 Å². The normalized spacial score (nSPS) is 18.7. The topological polar surface area (TPSA) is 40.6 Å². The number of amides is 2. The highest BCUT2D eigenvalue weighted by Gasteiger charge is 2.43. The lowest BCUT2D eigenvalue weighted by atomic mass is 10.0. The van der Waals surface area contributed by atoms with Gasteiger partial charge >= 0.3 is 0 Å². The van der Waals surface area contributed by atoms with Gasteiger partial charge in [0.15, 0.2) is 0 Å². The van der Waals surface area contributed by atoms with Crippen LogP contribution in [-0.2, 0) is 16.1 Å². The fourth-order valence-corrected chi connectivity index (χ4v) is 5.23. The zero-order valence-electron chi connectivity index (χ0n) is 17.6. The minimum Gasteiger partial charge on any atom is -0.299 e. The SMILES string of the molecule is CC(C)SC1=C(c2ccccc2)C(=O)N(C2CCN(Cc3ccccc3)CC2)C1=O. The van der Waals surface area contributed by atoms with Crippen LogP contribution in [0.1, 0.15) is 37.8 Å². The Hall–Kier alpha value is -2.37. The average molecular weight is 421 g/mol. The van der Waals surface area contributed by atoms with Crippen molar-refractivity contribution in [1.82, 2.24) is 9.80 Å².